The van der Waals surface area contributed by atoms with Crippen molar-refractivity contribution >= 4 is 18.5 Å². The van der Waals surface area contributed by atoms with Crippen molar-refractivity contribution in [1.29, 1.82) is 0 Å². The van der Waals surface area contributed by atoms with Gasteiger partial charge in [0.15, 0.2) is 0 Å². The van der Waals surface area contributed by atoms with Crippen molar-refractivity contribution < 1.29 is 17.1 Å². The molecule has 6 rings (SSSR count). The van der Waals surface area contributed by atoms with Gasteiger partial charge in [-0.25, -0.2) is 0 Å². The molecule has 0 aromatic heterocycles. The van der Waals surface area contributed by atoms with E-state index in [1.54, 1.807) is 11.1 Å². The van der Waals surface area contributed by atoms with Gasteiger partial charge in [0.2, 0.25) is 0 Å². The SMILES string of the molecule is CC(C)(C)[c-]1c(-c2ccccc2)c(-c2ccccc2)c(CP)c1C(P)(C1CCCNC1)C1CCCNC1.[Fe].[cH-]1[cH-][cH-][cH-][cH-]1. The summed E-state index contributed by atoms with van der Waals surface area (Å²) in [7, 11) is 6.66. The molecule has 2 N–H and O–H groups in total. The van der Waals surface area contributed by atoms with Crippen molar-refractivity contribution in [3.8, 4) is 22.3 Å². The second-order valence-corrected chi connectivity index (χ2v) is 14.5. The van der Waals surface area contributed by atoms with E-state index in [4.69, 9.17) is 0 Å². The number of rotatable bonds is 6. The molecule has 4 atom stereocenters. The zero-order valence-electron chi connectivity index (χ0n) is 26.2. The van der Waals surface area contributed by atoms with Crippen LogP contribution in [0.3, 0.4) is 0 Å². The Labute approximate surface area is 276 Å². The van der Waals surface area contributed by atoms with Gasteiger partial charge in [0, 0.05) is 22.2 Å². The van der Waals surface area contributed by atoms with Crippen LogP contribution in [0.15, 0.2) is 91.0 Å². The van der Waals surface area contributed by atoms with Crippen molar-refractivity contribution in [2.75, 3.05) is 26.2 Å². The van der Waals surface area contributed by atoms with E-state index in [1.807, 2.05) is 30.3 Å². The average Bonchev–Trinajstić information content (AvgIpc) is 3.73. The molecule has 4 unspecified atom stereocenters. The molecule has 2 heterocycles. The van der Waals surface area contributed by atoms with Crippen molar-refractivity contribution in [2.24, 2.45) is 11.8 Å². The van der Waals surface area contributed by atoms with Crippen LogP contribution in [-0.4, -0.2) is 26.2 Å². The first kappa shape index (κ1) is 34.3. The maximum absolute atomic E-state index is 3.79. The van der Waals surface area contributed by atoms with Crippen LogP contribution in [0.1, 0.15) is 63.1 Å². The molecular formula is C38H50FeN2P2-6. The Bertz CT molecular complexity index is 1330. The molecule has 5 heteroatoms. The monoisotopic (exact) mass is 652 g/mol. The quantitative estimate of drug-likeness (QED) is 0.124. The summed E-state index contributed by atoms with van der Waals surface area (Å²) in [6.45, 7) is 11.8. The summed E-state index contributed by atoms with van der Waals surface area (Å²) in [6.07, 6.45) is 6.07. The second kappa shape index (κ2) is 15.6. The second-order valence-electron chi connectivity index (χ2n) is 13.1. The molecule has 0 saturated carbocycles. The van der Waals surface area contributed by atoms with Crippen LogP contribution < -0.4 is 10.6 Å². The van der Waals surface area contributed by atoms with Gasteiger partial charge < -0.3 is 41.0 Å². The maximum Gasteiger partial charge on any atom is 0.000861 e. The van der Waals surface area contributed by atoms with Crippen molar-refractivity contribution in [2.45, 2.75) is 63.2 Å². The van der Waals surface area contributed by atoms with Gasteiger partial charge in [-0.05, 0) is 69.1 Å². The van der Waals surface area contributed by atoms with Crippen molar-refractivity contribution in [3.63, 3.8) is 0 Å². The van der Waals surface area contributed by atoms with Gasteiger partial charge in [0.1, 0.15) is 0 Å². The van der Waals surface area contributed by atoms with E-state index in [2.05, 4.69) is 111 Å². The summed E-state index contributed by atoms with van der Waals surface area (Å²) in [6, 6.07) is 32.4. The van der Waals surface area contributed by atoms with E-state index < -0.39 is 0 Å². The molecule has 43 heavy (non-hydrogen) atoms. The van der Waals surface area contributed by atoms with E-state index >= 15 is 0 Å². The predicted octanol–water partition coefficient (Wildman–Crippen LogP) is 8.88. The van der Waals surface area contributed by atoms with E-state index in [-0.39, 0.29) is 27.6 Å². The van der Waals surface area contributed by atoms with E-state index in [1.165, 1.54) is 53.5 Å². The number of nitrogens with one attached hydrogen (secondary N) is 2. The van der Waals surface area contributed by atoms with Crippen LogP contribution in [0, 0.1) is 11.8 Å². The fourth-order valence-corrected chi connectivity index (χ4v) is 8.80. The first-order valence-corrected chi connectivity index (χ1v) is 17.3. The summed E-state index contributed by atoms with van der Waals surface area (Å²) in [4.78, 5) is 0. The maximum atomic E-state index is 3.79. The molecule has 0 spiro atoms. The summed E-state index contributed by atoms with van der Waals surface area (Å²) in [5.41, 5.74) is 10.3. The molecule has 0 amide bonds. The summed E-state index contributed by atoms with van der Waals surface area (Å²) >= 11 is 0. The fraction of sp³-hybridized carbons (Fsp3) is 0.421. The van der Waals surface area contributed by atoms with Gasteiger partial charge in [-0.3, -0.25) is 0 Å². The van der Waals surface area contributed by atoms with Gasteiger partial charge >= 0.3 is 0 Å². The minimum absolute atomic E-state index is 0. The normalized spacial score (nSPS) is 20.3. The molecule has 4 aromatic rings. The molecule has 2 aliphatic rings. The Kier molecular flexibility index (Phi) is 12.5. The molecule has 0 radical (unpaired) electrons. The van der Waals surface area contributed by atoms with Crippen LogP contribution in [0.5, 0.6) is 0 Å². The smallest absolute Gasteiger partial charge is 0.000861 e. The van der Waals surface area contributed by atoms with Crippen molar-refractivity contribution in [1.82, 2.24) is 10.6 Å². The fourth-order valence-electron chi connectivity index (χ4n) is 7.51. The number of benzene rings is 2. The molecular weight excluding hydrogens is 602 g/mol. The Morgan fingerprint density at radius 3 is 1.63 bits per heavy atom. The van der Waals surface area contributed by atoms with Crippen LogP contribution in [0.2, 0.25) is 0 Å². The van der Waals surface area contributed by atoms with Gasteiger partial charge in [-0.15, -0.1) is 46.3 Å². The Morgan fingerprint density at radius 1 is 0.767 bits per heavy atom. The summed E-state index contributed by atoms with van der Waals surface area (Å²) in [5.74, 6) is 1.20. The number of hydrogen-bond acceptors (Lipinski definition) is 2. The first-order chi connectivity index (χ1) is 20.4. The molecule has 2 fully saturated rings. The van der Waals surface area contributed by atoms with Gasteiger partial charge in [0.05, 0.1) is 0 Å². The standard InChI is InChI=1S/C33H45N2P2.C5H5.Fe/c1-32(2,3)31-29(24-14-8-5-9-15-24)28(23-12-6-4-7-13-23)27(22-36)30(31)33(37,25-16-10-18-34-20-25)26-17-11-19-35-21-26;1-2-4-5-3-1;/h4-9,12-15,25-26,34-35H,10-11,16-22,36-37H2,1-3H3;1-5H;/q-1;-5;. The van der Waals surface area contributed by atoms with E-state index in [0.717, 1.165) is 32.3 Å². The third kappa shape index (κ3) is 7.47. The van der Waals surface area contributed by atoms with E-state index in [0.29, 0.717) is 11.8 Å². The number of hydrogen-bond donors (Lipinski definition) is 2. The zero-order valence-corrected chi connectivity index (χ0v) is 29.6. The molecule has 2 nitrogen and oxygen atoms in total. The van der Waals surface area contributed by atoms with Gasteiger partial charge in [-0.2, -0.15) is 0 Å². The molecule has 2 saturated heterocycles. The first-order valence-electron chi connectivity index (χ1n) is 15.9. The zero-order chi connectivity index (χ0) is 29.6. The Morgan fingerprint density at radius 2 is 1.23 bits per heavy atom. The third-order valence-electron chi connectivity index (χ3n) is 9.37. The van der Waals surface area contributed by atoms with Gasteiger partial charge in [-0.1, -0.05) is 98.7 Å². The predicted molar refractivity (Wildman–Crippen MR) is 190 cm³/mol. The summed E-state index contributed by atoms with van der Waals surface area (Å²) < 4.78 is 0. The van der Waals surface area contributed by atoms with Gasteiger partial charge in [0.25, 0.3) is 0 Å². The average molecular weight is 653 g/mol. The largest absolute Gasteiger partial charge is 0.748 e. The topological polar surface area (TPSA) is 24.1 Å². The van der Waals surface area contributed by atoms with Crippen LogP contribution in [0.4, 0.5) is 0 Å². The molecule has 4 aromatic carbocycles. The third-order valence-corrected chi connectivity index (χ3v) is 11.0. The Hall–Kier alpha value is -1.56. The summed E-state index contributed by atoms with van der Waals surface area (Å²) in [5, 5.41) is 7.60. The molecule has 2 aliphatic heterocycles. The van der Waals surface area contributed by atoms with Crippen LogP contribution in [0.25, 0.3) is 22.3 Å². The Balaban J connectivity index is 0.000000641. The minimum Gasteiger partial charge on any atom is -0.748 e. The molecule has 0 bridgehead atoms. The van der Waals surface area contributed by atoms with Crippen LogP contribution in [-0.2, 0) is 33.8 Å². The molecule has 0 aliphatic carbocycles. The molecule has 236 valence electrons. The minimum atomic E-state index is 0. The van der Waals surface area contributed by atoms with E-state index in [9.17, 15) is 0 Å². The van der Waals surface area contributed by atoms with Crippen LogP contribution >= 0.6 is 18.5 Å². The van der Waals surface area contributed by atoms with Crippen molar-refractivity contribution in [3.05, 3.63) is 108 Å². The number of piperidine rings is 2.